The van der Waals surface area contributed by atoms with Crippen molar-refractivity contribution in [3.63, 3.8) is 0 Å². The van der Waals surface area contributed by atoms with Gasteiger partial charge in [-0.1, -0.05) is 36.4 Å². The summed E-state index contributed by atoms with van der Waals surface area (Å²) >= 11 is 0. The molecule has 0 aromatic heterocycles. The van der Waals surface area contributed by atoms with Crippen molar-refractivity contribution in [1.82, 2.24) is 5.32 Å². The van der Waals surface area contributed by atoms with Crippen LogP contribution in [0.2, 0.25) is 0 Å². The van der Waals surface area contributed by atoms with Crippen LogP contribution >= 0.6 is 0 Å². The summed E-state index contributed by atoms with van der Waals surface area (Å²) in [5, 5.41) is 2.51. The number of nitrogens with one attached hydrogen (secondary N) is 1. The van der Waals surface area contributed by atoms with Crippen molar-refractivity contribution < 1.29 is 13.2 Å². The monoisotopic (exact) mass is 289 g/mol. The van der Waals surface area contributed by atoms with E-state index in [1.54, 1.807) is 54.6 Å². The van der Waals surface area contributed by atoms with Gasteiger partial charge in [0.25, 0.3) is 5.91 Å². The zero-order valence-corrected chi connectivity index (χ0v) is 11.9. The lowest BCUT2D eigenvalue weighted by atomic mass is 10.1. The van der Waals surface area contributed by atoms with E-state index < -0.39 is 9.84 Å². The number of carbonyl (C=O) groups excluding carboxylic acids is 1. The average Bonchev–Trinajstić information content (AvgIpc) is 2.47. The maximum absolute atomic E-state index is 12.3. The van der Waals surface area contributed by atoms with Gasteiger partial charge < -0.3 is 5.32 Å². The summed E-state index contributed by atoms with van der Waals surface area (Å²) in [5.74, 6) is -0.482. The first-order valence-electron chi connectivity index (χ1n) is 6.12. The third-order valence-corrected chi connectivity index (χ3v) is 4.62. The second-order valence-corrected chi connectivity index (χ2v) is 6.30. The fourth-order valence-corrected chi connectivity index (χ4v) is 3.32. The standard InChI is InChI=1S/C15H15NO3S/c1-16-15(17)14-10-6-5-7-12(14)11-20(18,19)13-8-3-2-4-9-13/h2-10H,11H2,1H3,(H,16,17). The zero-order chi connectivity index (χ0) is 14.6. The van der Waals surface area contributed by atoms with E-state index in [9.17, 15) is 13.2 Å². The molecule has 2 rings (SSSR count). The summed E-state index contributed by atoms with van der Waals surface area (Å²) < 4.78 is 24.7. The second kappa shape index (κ2) is 5.88. The molecule has 104 valence electrons. The molecule has 0 fully saturated rings. The highest BCUT2D eigenvalue weighted by Gasteiger charge is 2.18. The number of amides is 1. The van der Waals surface area contributed by atoms with Crippen LogP contribution in [0.25, 0.3) is 0 Å². The maximum Gasteiger partial charge on any atom is 0.251 e. The van der Waals surface area contributed by atoms with Gasteiger partial charge in [0.05, 0.1) is 10.6 Å². The van der Waals surface area contributed by atoms with Gasteiger partial charge in [0, 0.05) is 12.6 Å². The normalized spacial score (nSPS) is 11.1. The minimum absolute atomic E-state index is 0.194. The number of rotatable bonds is 4. The van der Waals surface area contributed by atoms with Gasteiger partial charge in [-0.05, 0) is 23.8 Å². The van der Waals surface area contributed by atoms with Crippen molar-refractivity contribution in [2.24, 2.45) is 0 Å². The molecule has 2 aromatic carbocycles. The van der Waals surface area contributed by atoms with Crippen LogP contribution in [0.15, 0.2) is 59.5 Å². The van der Waals surface area contributed by atoms with Crippen molar-refractivity contribution in [3.8, 4) is 0 Å². The molecule has 0 aliphatic heterocycles. The van der Waals surface area contributed by atoms with Crippen molar-refractivity contribution in [1.29, 1.82) is 0 Å². The van der Waals surface area contributed by atoms with Gasteiger partial charge in [0.15, 0.2) is 9.84 Å². The molecule has 1 amide bonds. The highest BCUT2D eigenvalue weighted by molar-refractivity contribution is 7.90. The number of carbonyl (C=O) groups is 1. The predicted molar refractivity (Wildman–Crippen MR) is 77.2 cm³/mol. The molecule has 0 unspecified atom stereocenters. The molecule has 5 heteroatoms. The smallest absolute Gasteiger partial charge is 0.251 e. The fraction of sp³-hybridized carbons (Fsp3) is 0.133. The van der Waals surface area contributed by atoms with Crippen LogP contribution in [0.4, 0.5) is 0 Å². The van der Waals surface area contributed by atoms with Crippen LogP contribution < -0.4 is 5.32 Å². The summed E-state index contributed by atoms with van der Waals surface area (Å²) in [6.45, 7) is 0. The van der Waals surface area contributed by atoms with Crippen LogP contribution in [0.5, 0.6) is 0 Å². The molecule has 0 aliphatic rings. The fourth-order valence-electron chi connectivity index (χ4n) is 1.92. The van der Waals surface area contributed by atoms with Crippen molar-refractivity contribution in [2.45, 2.75) is 10.6 Å². The molecule has 2 aromatic rings. The number of hydrogen-bond donors (Lipinski definition) is 1. The summed E-state index contributed by atoms with van der Waals surface area (Å²) in [6, 6.07) is 14.9. The van der Waals surface area contributed by atoms with Crippen LogP contribution in [-0.4, -0.2) is 21.4 Å². The second-order valence-electron chi connectivity index (χ2n) is 4.31. The Morgan fingerprint density at radius 1 is 1.00 bits per heavy atom. The molecule has 20 heavy (non-hydrogen) atoms. The quantitative estimate of drug-likeness (QED) is 0.936. The zero-order valence-electron chi connectivity index (χ0n) is 11.0. The Hall–Kier alpha value is -2.14. The molecule has 0 saturated heterocycles. The lowest BCUT2D eigenvalue weighted by Crippen LogP contribution is -2.20. The van der Waals surface area contributed by atoms with E-state index >= 15 is 0 Å². The van der Waals surface area contributed by atoms with Gasteiger partial charge in [-0.2, -0.15) is 0 Å². The van der Waals surface area contributed by atoms with Crippen LogP contribution in [0, 0.1) is 0 Å². The third-order valence-electron chi connectivity index (χ3n) is 2.94. The number of hydrogen-bond acceptors (Lipinski definition) is 3. The van der Waals surface area contributed by atoms with Gasteiger partial charge >= 0.3 is 0 Å². The Labute approximate surface area is 118 Å². The predicted octanol–water partition coefficient (Wildman–Crippen LogP) is 2.02. The van der Waals surface area contributed by atoms with Gasteiger partial charge in [-0.25, -0.2) is 8.42 Å². The van der Waals surface area contributed by atoms with Crippen molar-refractivity contribution in [3.05, 3.63) is 65.7 Å². The van der Waals surface area contributed by atoms with Gasteiger partial charge in [0.2, 0.25) is 0 Å². The SMILES string of the molecule is CNC(=O)c1ccccc1CS(=O)(=O)c1ccccc1. The van der Waals surface area contributed by atoms with E-state index in [0.717, 1.165) is 0 Å². The molecule has 0 atom stereocenters. The Morgan fingerprint density at radius 2 is 1.60 bits per heavy atom. The largest absolute Gasteiger partial charge is 0.355 e. The lowest BCUT2D eigenvalue weighted by molar-refractivity contribution is 0.0962. The van der Waals surface area contributed by atoms with E-state index in [2.05, 4.69) is 5.32 Å². The van der Waals surface area contributed by atoms with Crippen LogP contribution in [-0.2, 0) is 15.6 Å². The van der Waals surface area contributed by atoms with Crippen LogP contribution in [0.1, 0.15) is 15.9 Å². The maximum atomic E-state index is 12.3. The molecule has 0 spiro atoms. The molecular weight excluding hydrogens is 274 g/mol. The molecular formula is C15H15NO3S. The topological polar surface area (TPSA) is 63.2 Å². The first-order valence-corrected chi connectivity index (χ1v) is 7.77. The molecule has 0 aliphatic carbocycles. The first-order chi connectivity index (χ1) is 9.54. The van der Waals surface area contributed by atoms with Gasteiger partial charge in [-0.3, -0.25) is 4.79 Å². The van der Waals surface area contributed by atoms with Crippen molar-refractivity contribution >= 4 is 15.7 Å². The van der Waals surface area contributed by atoms with Gasteiger partial charge in [0.1, 0.15) is 0 Å². The lowest BCUT2D eigenvalue weighted by Gasteiger charge is -2.09. The molecule has 0 bridgehead atoms. The molecule has 0 saturated carbocycles. The highest BCUT2D eigenvalue weighted by Crippen LogP contribution is 2.18. The Bertz CT molecular complexity index is 709. The Kier molecular flexibility index (Phi) is 4.20. The first kappa shape index (κ1) is 14.3. The molecule has 1 N–H and O–H groups in total. The average molecular weight is 289 g/mol. The number of benzene rings is 2. The van der Waals surface area contributed by atoms with E-state index in [1.165, 1.54) is 7.05 Å². The van der Waals surface area contributed by atoms with Crippen molar-refractivity contribution in [2.75, 3.05) is 7.05 Å². The Balaban J connectivity index is 2.38. The molecule has 4 nitrogen and oxygen atoms in total. The summed E-state index contributed by atoms with van der Waals surface area (Å²) in [7, 11) is -1.94. The molecule has 0 radical (unpaired) electrons. The van der Waals surface area contributed by atoms with E-state index in [-0.39, 0.29) is 16.6 Å². The molecule has 0 heterocycles. The van der Waals surface area contributed by atoms with E-state index in [1.807, 2.05) is 0 Å². The summed E-state index contributed by atoms with van der Waals surface area (Å²) in [5.41, 5.74) is 0.880. The third kappa shape index (κ3) is 3.05. The highest BCUT2D eigenvalue weighted by atomic mass is 32.2. The van der Waals surface area contributed by atoms with E-state index in [0.29, 0.717) is 11.1 Å². The summed E-state index contributed by atoms with van der Waals surface area (Å²) in [4.78, 5) is 12.0. The van der Waals surface area contributed by atoms with Gasteiger partial charge in [-0.15, -0.1) is 0 Å². The number of sulfone groups is 1. The minimum Gasteiger partial charge on any atom is -0.355 e. The summed E-state index contributed by atoms with van der Waals surface area (Å²) in [6.07, 6.45) is 0. The van der Waals surface area contributed by atoms with E-state index in [4.69, 9.17) is 0 Å². The van der Waals surface area contributed by atoms with Crippen LogP contribution in [0.3, 0.4) is 0 Å². The Morgan fingerprint density at radius 3 is 2.25 bits per heavy atom. The minimum atomic E-state index is -3.46.